The maximum atomic E-state index is 12.7. The van der Waals surface area contributed by atoms with Crippen molar-refractivity contribution < 1.29 is 14.9 Å². The van der Waals surface area contributed by atoms with E-state index < -0.39 is 16.7 Å². The third-order valence-corrected chi connectivity index (χ3v) is 5.33. The predicted octanol–water partition coefficient (Wildman–Crippen LogP) is 3.50. The molecule has 3 rings (SSSR count). The van der Waals surface area contributed by atoms with Crippen LogP contribution in [-0.2, 0) is 13.0 Å². The lowest BCUT2D eigenvalue weighted by Gasteiger charge is -2.15. The van der Waals surface area contributed by atoms with Gasteiger partial charge in [0.05, 0.1) is 0 Å². The number of hydrogen-bond acceptors (Lipinski definition) is 6. The van der Waals surface area contributed by atoms with Crippen molar-refractivity contribution in [2.75, 3.05) is 0 Å². The SMILES string of the molecule is CCCCCc1cc(O)cc(O)c1Oc1cc(=O)c2c(=O)[nH]c(=O)n(CCCCC)c2[nH]1. The highest BCUT2D eigenvalue weighted by Gasteiger charge is 2.17. The molecule has 0 fully saturated rings. The summed E-state index contributed by atoms with van der Waals surface area (Å²) in [6.45, 7) is 4.43. The molecule has 2 heterocycles. The maximum absolute atomic E-state index is 12.7. The summed E-state index contributed by atoms with van der Waals surface area (Å²) >= 11 is 0. The molecule has 0 atom stereocenters. The van der Waals surface area contributed by atoms with Crippen LogP contribution in [0.1, 0.15) is 57.9 Å². The number of nitrogens with one attached hydrogen (secondary N) is 2. The normalized spacial score (nSPS) is 11.2. The number of phenolic OH excluding ortho intramolecular Hbond substituents is 2. The van der Waals surface area contributed by atoms with Crippen molar-refractivity contribution in [3.63, 3.8) is 0 Å². The molecule has 9 heteroatoms. The lowest BCUT2D eigenvalue weighted by atomic mass is 10.1. The minimum atomic E-state index is -0.766. The summed E-state index contributed by atoms with van der Waals surface area (Å²) < 4.78 is 7.15. The number of H-pyrrole nitrogens is 2. The molecule has 172 valence electrons. The van der Waals surface area contributed by atoms with Gasteiger partial charge in [-0.25, -0.2) is 4.79 Å². The van der Waals surface area contributed by atoms with Crippen molar-refractivity contribution in [2.24, 2.45) is 0 Å². The third-order valence-electron chi connectivity index (χ3n) is 5.33. The molecule has 32 heavy (non-hydrogen) atoms. The average Bonchev–Trinajstić information content (AvgIpc) is 2.72. The molecular formula is C23H29N3O6. The fraction of sp³-hybridized carbons (Fsp3) is 0.435. The number of ether oxygens (including phenoxy) is 1. The van der Waals surface area contributed by atoms with Crippen LogP contribution in [0.4, 0.5) is 0 Å². The first-order valence-corrected chi connectivity index (χ1v) is 11.0. The molecule has 0 radical (unpaired) electrons. The zero-order valence-corrected chi connectivity index (χ0v) is 18.4. The summed E-state index contributed by atoms with van der Waals surface area (Å²) in [6, 6.07) is 3.78. The van der Waals surface area contributed by atoms with E-state index in [0.717, 1.165) is 44.2 Å². The Morgan fingerprint density at radius 1 is 0.938 bits per heavy atom. The summed E-state index contributed by atoms with van der Waals surface area (Å²) in [5.74, 6) is -0.276. The van der Waals surface area contributed by atoms with Crippen molar-refractivity contribution in [3.05, 3.63) is 54.8 Å². The first kappa shape index (κ1) is 23.2. The van der Waals surface area contributed by atoms with Gasteiger partial charge in [-0.15, -0.1) is 0 Å². The van der Waals surface area contributed by atoms with Crippen molar-refractivity contribution in [3.8, 4) is 23.1 Å². The van der Waals surface area contributed by atoms with Gasteiger partial charge in [-0.1, -0.05) is 39.5 Å². The number of aromatic hydroxyl groups is 2. The number of rotatable bonds is 10. The smallest absolute Gasteiger partial charge is 0.329 e. The number of pyridine rings is 1. The second kappa shape index (κ2) is 10.2. The highest BCUT2D eigenvalue weighted by atomic mass is 16.5. The average molecular weight is 444 g/mol. The van der Waals surface area contributed by atoms with Crippen LogP contribution in [0.15, 0.2) is 32.6 Å². The Bertz CT molecular complexity index is 1270. The van der Waals surface area contributed by atoms with Gasteiger partial charge < -0.3 is 19.9 Å². The van der Waals surface area contributed by atoms with Gasteiger partial charge in [0.15, 0.2) is 16.9 Å². The van der Waals surface area contributed by atoms with E-state index in [0.29, 0.717) is 24.9 Å². The van der Waals surface area contributed by atoms with E-state index in [1.807, 2.05) is 6.92 Å². The Labute approximate surface area is 184 Å². The van der Waals surface area contributed by atoms with Gasteiger partial charge in [0.25, 0.3) is 5.56 Å². The second-order valence-corrected chi connectivity index (χ2v) is 7.85. The zero-order valence-electron chi connectivity index (χ0n) is 18.4. The number of hydrogen-bond donors (Lipinski definition) is 4. The van der Waals surface area contributed by atoms with E-state index in [1.54, 1.807) is 0 Å². The van der Waals surface area contributed by atoms with Crippen molar-refractivity contribution in [1.29, 1.82) is 0 Å². The third kappa shape index (κ3) is 5.04. The van der Waals surface area contributed by atoms with Crippen molar-refractivity contribution in [2.45, 2.75) is 65.3 Å². The topological polar surface area (TPSA) is 137 Å². The number of fused-ring (bicyclic) bond motifs is 1. The molecule has 4 N–H and O–H groups in total. The molecule has 0 spiro atoms. The lowest BCUT2D eigenvalue weighted by Crippen LogP contribution is -2.33. The number of benzene rings is 1. The van der Waals surface area contributed by atoms with Gasteiger partial charge in [-0.05, 0) is 25.3 Å². The molecule has 0 aliphatic carbocycles. The molecule has 3 aromatic rings. The molecule has 0 saturated carbocycles. The Morgan fingerprint density at radius 2 is 1.66 bits per heavy atom. The molecular weight excluding hydrogens is 414 g/mol. The largest absolute Gasteiger partial charge is 0.508 e. The Morgan fingerprint density at radius 3 is 2.38 bits per heavy atom. The Hall–Kier alpha value is -3.49. The first-order valence-electron chi connectivity index (χ1n) is 11.0. The van der Waals surface area contributed by atoms with E-state index >= 15 is 0 Å². The standard InChI is InChI=1S/C23H29N3O6/c1-3-5-7-9-14-11-15(27)12-17(29)20(14)32-18-13-16(28)19-21(24-18)26(10-8-6-4-2)23(31)25-22(19)30/h11-13,27,29H,3-10H2,1-2H3,(H,24,28)(H,25,30,31). The van der Waals surface area contributed by atoms with E-state index in [4.69, 9.17) is 4.74 Å². The molecule has 2 aromatic heterocycles. The first-order chi connectivity index (χ1) is 15.3. The van der Waals surface area contributed by atoms with Gasteiger partial charge in [0.2, 0.25) is 5.88 Å². The highest BCUT2D eigenvalue weighted by Crippen LogP contribution is 2.38. The molecule has 0 aliphatic rings. The summed E-state index contributed by atoms with van der Waals surface area (Å²) in [7, 11) is 0. The number of nitrogens with zero attached hydrogens (tertiary/aromatic N) is 1. The quantitative estimate of drug-likeness (QED) is 0.354. The fourth-order valence-electron chi connectivity index (χ4n) is 3.70. The van der Waals surface area contributed by atoms with Gasteiger partial charge in [-0.2, -0.15) is 0 Å². The monoisotopic (exact) mass is 443 g/mol. The fourth-order valence-corrected chi connectivity index (χ4v) is 3.70. The van der Waals surface area contributed by atoms with Gasteiger partial charge in [-0.3, -0.25) is 19.1 Å². The summed E-state index contributed by atoms with van der Waals surface area (Å²) in [5.41, 5.74) is -1.33. The molecule has 1 aromatic carbocycles. The summed E-state index contributed by atoms with van der Waals surface area (Å²) in [6.07, 6.45) is 5.89. The van der Waals surface area contributed by atoms with Gasteiger partial charge in [0.1, 0.15) is 16.8 Å². The Balaban J connectivity index is 2.09. The molecule has 9 nitrogen and oxygen atoms in total. The van der Waals surface area contributed by atoms with Gasteiger partial charge >= 0.3 is 5.69 Å². The lowest BCUT2D eigenvalue weighted by molar-refractivity contribution is 0.391. The molecule has 0 aliphatic heterocycles. The molecule has 0 unspecified atom stereocenters. The van der Waals surface area contributed by atoms with Crippen LogP contribution < -0.4 is 21.4 Å². The minimum absolute atomic E-state index is 0.0190. The maximum Gasteiger partial charge on any atom is 0.329 e. The number of aryl methyl sites for hydroxylation is 2. The van der Waals surface area contributed by atoms with Crippen LogP contribution in [0.3, 0.4) is 0 Å². The van der Waals surface area contributed by atoms with Crippen molar-refractivity contribution in [1.82, 2.24) is 14.5 Å². The minimum Gasteiger partial charge on any atom is -0.508 e. The predicted molar refractivity (Wildman–Crippen MR) is 122 cm³/mol. The van der Waals surface area contributed by atoms with E-state index in [1.165, 1.54) is 10.6 Å². The van der Waals surface area contributed by atoms with Crippen LogP contribution in [0.2, 0.25) is 0 Å². The molecule has 0 saturated heterocycles. The second-order valence-electron chi connectivity index (χ2n) is 7.85. The zero-order chi connectivity index (χ0) is 23.3. The number of phenols is 2. The van der Waals surface area contributed by atoms with Crippen molar-refractivity contribution >= 4 is 11.0 Å². The van der Waals surface area contributed by atoms with E-state index in [-0.39, 0.29) is 34.2 Å². The number of aromatic amines is 2. The summed E-state index contributed by atoms with van der Waals surface area (Å²) in [5, 5.41) is 20.1. The number of aromatic nitrogens is 3. The van der Waals surface area contributed by atoms with E-state index in [9.17, 15) is 24.6 Å². The number of unbranched alkanes of at least 4 members (excludes halogenated alkanes) is 4. The van der Waals surface area contributed by atoms with Crippen LogP contribution >= 0.6 is 0 Å². The molecule has 0 bridgehead atoms. The van der Waals surface area contributed by atoms with Crippen LogP contribution in [-0.4, -0.2) is 24.7 Å². The van der Waals surface area contributed by atoms with Gasteiger partial charge in [0, 0.05) is 24.2 Å². The van der Waals surface area contributed by atoms with Crippen LogP contribution in [0, 0.1) is 0 Å². The van der Waals surface area contributed by atoms with Crippen LogP contribution in [0.5, 0.6) is 23.1 Å². The van der Waals surface area contributed by atoms with Crippen LogP contribution in [0.25, 0.3) is 11.0 Å². The highest BCUT2D eigenvalue weighted by molar-refractivity contribution is 5.74. The molecule has 0 amide bonds. The Kier molecular flexibility index (Phi) is 7.40. The summed E-state index contributed by atoms with van der Waals surface area (Å²) in [4.78, 5) is 42.4. The van der Waals surface area contributed by atoms with E-state index in [2.05, 4.69) is 16.9 Å².